The number of hydrogen-bond acceptors (Lipinski definition) is 5. The molecular weight excluding hydrogens is 368 g/mol. The van der Waals surface area contributed by atoms with Crippen LogP contribution in [-0.2, 0) is 20.7 Å². The van der Waals surface area contributed by atoms with Crippen molar-refractivity contribution >= 4 is 11.8 Å². The van der Waals surface area contributed by atoms with Crippen LogP contribution in [0.2, 0.25) is 0 Å². The second-order valence-corrected chi connectivity index (χ2v) is 8.04. The number of carbonyl (C=O) groups excluding carboxylic acids is 2. The Labute approximate surface area is 174 Å². The third-order valence-electron chi connectivity index (χ3n) is 5.67. The monoisotopic (exact) mass is 402 g/mol. The molecule has 1 aromatic carbocycles. The Bertz CT molecular complexity index is 641. The van der Waals surface area contributed by atoms with E-state index < -0.39 is 0 Å². The molecule has 2 amide bonds. The van der Waals surface area contributed by atoms with Gasteiger partial charge in [-0.15, -0.1) is 0 Å². The molecule has 1 atom stereocenters. The van der Waals surface area contributed by atoms with Gasteiger partial charge in [0.25, 0.3) is 0 Å². The van der Waals surface area contributed by atoms with Gasteiger partial charge >= 0.3 is 0 Å². The van der Waals surface area contributed by atoms with E-state index in [1.54, 1.807) is 0 Å². The van der Waals surface area contributed by atoms with Crippen LogP contribution in [0.25, 0.3) is 0 Å². The molecule has 2 heterocycles. The Morgan fingerprint density at radius 3 is 2.24 bits per heavy atom. The molecule has 0 spiro atoms. The molecule has 1 aromatic rings. The van der Waals surface area contributed by atoms with Crippen molar-refractivity contribution in [2.24, 2.45) is 0 Å². The van der Waals surface area contributed by atoms with Crippen molar-refractivity contribution in [2.75, 3.05) is 65.6 Å². The number of ether oxygens (including phenoxy) is 1. The molecule has 0 radical (unpaired) electrons. The molecule has 2 aliphatic heterocycles. The highest BCUT2D eigenvalue weighted by Crippen LogP contribution is 2.06. The highest BCUT2D eigenvalue weighted by molar-refractivity contribution is 5.79. The van der Waals surface area contributed by atoms with Gasteiger partial charge in [-0.25, -0.2) is 0 Å². The highest BCUT2D eigenvalue weighted by atomic mass is 16.5. The van der Waals surface area contributed by atoms with Gasteiger partial charge in [-0.3, -0.25) is 19.4 Å². The molecule has 2 aliphatic rings. The van der Waals surface area contributed by atoms with Gasteiger partial charge in [-0.1, -0.05) is 30.3 Å². The molecule has 7 nitrogen and oxygen atoms in total. The number of nitrogens with zero attached hydrogens (tertiary/aromatic N) is 3. The van der Waals surface area contributed by atoms with Gasteiger partial charge in [0.2, 0.25) is 11.8 Å². The molecule has 0 aromatic heterocycles. The SMILES string of the molecule is CC(CCc1ccccc1)NC(=O)CN1CCN(CC(=O)N2CCOCC2)CC1. The second-order valence-electron chi connectivity index (χ2n) is 8.04. The minimum atomic E-state index is 0.0865. The van der Waals surface area contributed by atoms with Gasteiger partial charge in [-0.05, 0) is 25.3 Å². The second kappa shape index (κ2) is 11.3. The number of benzene rings is 1. The third-order valence-corrected chi connectivity index (χ3v) is 5.67. The summed E-state index contributed by atoms with van der Waals surface area (Å²) in [5.41, 5.74) is 1.30. The van der Waals surface area contributed by atoms with Crippen LogP contribution in [0.5, 0.6) is 0 Å². The summed E-state index contributed by atoms with van der Waals surface area (Å²) in [6, 6.07) is 10.5. The molecule has 0 bridgehead atoms. The topological polar surface area (TPSA) is 65.1 Å². The summed E-state index contributed by atoms with van der Waals surface area (Å²) in [6.07, 6.45) is 1.91. The summed E-state index contributed by atoms with van der Waals surface area (Å²) in [5, 5.41) is 3.12. The molecule has 3 rings (SSSR count). The van der Waals surface area contributed by atoms with Crippen molar-refractivity contribution in [1.82, 2.24) is 20.0 Å². The molecule has 29 heavy (non-hydrogen) atoms. The van der Waals surface area contributed by atoms with Crippen molar-refractivity contribution in [3.05, 3.63) is 35.9 Å². The Kier molecular flexibility index (Phi) is 8.46. The first-order valence-electron chi connectivity index (χ1n) is 10.7. The van der Waals surface area contributed by atoms with Crippen molar-refractivity contribution in [3.8, 4) is 0 Å². The van der Waals surface area contributed by atoms with Gasteiger partial charge < -0.3 is 15.0 Å². The van der Waals surface area contributed by atoms with Gasteiger partial charge in [0.05, 0.1) is 26.3 Å². The highest BCUT2D eigenvalue weighted by Gasteiger charge is 2.24. The number of rotatable bonds is 8. The lowest BCUT2D eigenvalue weighted by atomic mass is 10.1. The number of amides is 2. The zero-order valence-electron chi connectivity index (χ0n) is 17.5. The normalized spacial score (nSPS) is 19.7. The van der Waals surface area contributed by atoms with Crippen molar-refractivity contribution < 1.29 is 14.3 Å². The Morgan fingerprint density at radius 2 is 1.59 bits per heavy atom. The summed E-state index contributed by atoms with van der Waals surface area (Å²) < 4.78 is 5.30. The zero-order chi connectivity index (χ0) is 20.5. The van der Waals surface area contributed by atoms with Crippen LogP contribution in [0.1, 0.15) is 18.9 Å². The summed E-state index contributed by atoms with van der Waals surface area (Å²) in [6.45, 7) is 8.93. The van der Waals surface area contributed by atoms with E-state index in [1.165, 1.54) is 5.56 Å². The number of morpholine rings is 1. The predicted octanol–water partition coefficient (Wildman–Crippen LogP) is 0.600. The minimum absolute atomic E-state index is 0.0865. The molecule has 0 aliphatic carbocycles. The number of piperazine rings is 1. The predicted molar refractivity (Wildman–Crippen MR) is 113 cm³/mol. The van der Waals surface area contributed by atoms with Crippen molar-refractivity contribution in [1.29, 1.82) is 0 Å². The molecule has 160 valence electrons. The lowest BCUT2D eigenvalue weighted by molar-refractivity contribution is -0.137. The third kappa shape index (κ3) is 7.42. The number of aryl methyl sites for hydroxylation is 1. The molecule has 1 N–H and O–H groups in total. The lowest BCUT2D eigenvalue weighted by Gasteiger charge is -2.35. The number of carbonyl (C=O) groups is 2. The number of nitrogens with one attached hydrogen (secondary N) is 1. The average molecular weight is 403 g/mol. The maximum absolute atomic E-state index is 12.4. The molecule has 7 heteroatoms. The van der Waals surface area contributed by atoms with Crippen LogP contribution in [0.3, 0.4) is 0 Å². The van der Waals surface area contributed by atoms with E-state index in [0.717, 1.165) is 39.0 Å². The summed E-state index contributed by atoms with van der Waals surface area (Å²) >= 11 is 0. The van der Waals surface area contributed by atoms with Crippen LogP contribution in [-0.4, -0.2) is 98.1 Å². The molecule has 1 unspecified atom stereocenters. The van der Waals surface area contributed by atoms with Crippen LogP contribution >= 0.6 is 0 Å². The fraction of sp³-hybridized carbons (Fsp3) is 0.636. The first-order chi connectivity index (χ1) is 14.1. The van der Waals surface area contributed by atoms with E-state index in [2.05, 4.69) is 34.2 Å². The van der Waals surface area contributed by atoms with Crippen LogP contribution in [0, 0.1) is 0 Å². The first kappa shape index (κ1) is 21.7. The summed E-state index contributed by atoms with van der Waals surface area (Å²) in [4.78, 5) is 31.0. The molecular formula is C22H34N4O3. The van der Waals surface area contributed by atoms with Gasteiger partial charge in [0.1, 0.15) is 0 Å². The number of hydrogen-bond donors (Lipinski definition) is 1. The fourth-order valence-electron chi connectivity index (χ4n) is 3.83. The average Bonchev–Trinajstić information content (AvgIpc) is 2.75. The Morgan fingerprint density at radius 1 is 0.966 bits per heavy atom. The van der Waals surface area contributed by atoms with E-state index in [4.69, 9.17) is 4.74 Å². The molecule has 0 saturated carbocycles. The van der Waals surface area contributed by atoms with Crippen LogP contribution in [0.4, 0.5) is 0 Å². The lowest BCUT2D eigenvalue weighted by Crippen LogP contribution is -2.53. The van der Waals surface area contributed by atoms with E-state index in [9.17, 15) is 9.59 Å². The van der Waals surface area contributed by atoms with Crippen molar-refractivity contribution in [3.63, 3.8) is 0 Å². The first-order valence-corrected chi connectivity index (χ1v) is 10.7. The Balaban J connectivity index is 1.30. The maximum atomic E-state index is 12.4. The standard InChI is InChI=1S/C22H34N4O3/c1-19(7-8-20-5-3-2-4-6-20)23-21(27)17-24-9-11-25(12-10-24)18-22(28)26-13-15-29-16-14-26/h2-6,19H,7-18H2,1H3,(H,23,27). The quantitative estimate of drug-likeness (QED) is 0.690. The fourth-order valence-corrected chi connectivity index (χ4v) is 3.83. The summed E-state index contributed by atoms with van der Waals surface area (Å²) in [5.74, 6) is 0.273. The zero-order valence-corrected chi connectivity index (χ0v) is 17.5. The van der Waals surface area contributed by atoms with Gasteiger partial charge in [-0.2, -0.15) is 0 Å². The van der Waals surface area contributed by atoms with Crippen molar-refractivity contribution in [2.45, 2.75) is 25.8 Å². The van der Waals surface area contributed by atoms with Crippen LogP contribution in [0.15, 0.2) is 30.3 Å². The van der Waals surface area contributed by atoms with Crippen LogP contribution < -0.4 is 5.32 Å². The molecule has 2 fully saturated rings. The largest absolute Gasteiger partial charge is 0.378 e. The van der Waals surface area contributed by atoms with E-state index in [1.807, 2.05) is 23.1 Å². The minimum Gasteiger partial charge on any atom is -0.378 e. The van der Waals surface area contributed by atoms with E-state index >= 15 is 0 Å². The smallest absolute Gasteiger partial charge is 0.236 e. The van der Waals surface area contributed by atoms with E-state index in [-0.39, 0.29) is 17.9 Å². The molecule has 2 saturated heterocycles. The van der Waals surface area contributed by atoms with E-state index in [0.29, 0.717) is 39.4 Å². The van der Waals surface area contributed by atoms with Gasteiger partial charge in [0, 0.05) is 45.3 Å². The maximum Gasteiger partial charge on any atom is 0.236 e. The summed E-state index contributed by atoms with van der Waals surface area (Å²) in [7, 11) is 0. The Hall–Kier alpha value is -1.96. The van der Waals surface area contributed by atoms with Gasteiger partial charge in [0.15, 0.2) is 0 Å².